The van der Waals surface area contributed by atoms with Crippen molar-refractivity contribution in [3.63, 3.8) is 0 Å². The third kappa shape index (κ3) is 2.75. The van der Waals surface area contributed by atoms with Gasteiger partial charge in [0.05, 0.1) is 0 Å². The molecule has 1 unspecified atom stereocenters. The van der Waals surface area contributed by atoms with Crippen molar-refractivity contribution < 1.29 is 9.90 Å². The minimum absolute atomic E-state index is 0.0996. The highest BCUT2D eigenvalue weighted by molar-refractivity contribution is 7.07. The molecular weight excluding hydrogens is 286 g/mol. The first-order valence-electron chi connectivity index (χ1n) is 6.63. The van der Waals surface area contributed by atoms with E-state index in [4.69, 9.17) is 0 Å². The van der Waals surface area contributed by atoms with Gasteiger partial charge in [-0.15, -0.1) is 0 Å². The zero-order valence-electron chi connectivity index (χ0n) is 11.5. The van der Waals surface area contributed by atoms with Gasteiger partial charge >= 0.3 is 5.97 Å². The van der Waals surface area contributed by atoms with Crippen LogP contribution in [0.5, 0.6) is 0 Å². The first-order chi connectivity index (χ1) is 10.1. The lowest BCUT2D eigenvalue weighted by molar-refractivity contribution is 0.0690. The molecule has 108 valence electrons. The molecule has 0 aliphatic heterocycles. The number of anilines is 1. The van der Waals surface area contributed by atoms with Gasteiger partial charge in [-0.05, 0) is 47.9 Å². The van der Waals surface area contributed by atoms with E-state index >= 15 is 0 Å². The largest absolute Gasteiger partial charge is 0.476 e. The second-order valence-corrected chi connectivity index (χ2v) is 5.70. The van der Waals surface area contributed by atoms with Crippen LogP contribution in [-0.4, -0.2) is 26.5 Å². The summed E-state index contributed by atoms with van der Waals surface area (Å²) in [6.45, 7) is 2.02. The molecule has 3 heterocycles. The molecule has 1 atom stereocenters. The van der Waals surface area contributed by atoms with Gasteiger partial charge < -0.3 is 10.4 Å². The molecular formula is C15H15N3O2S. The molecule has 0 radical (unpaired) electrons. The molecule has 0 saturated carbocycles. The van der Waals surface area contributed by atoms with Gasteiger partial charge in [0, 0.05) is 12.2 Å². The van der Waals surface area contributed by atoms with Gasteiger partial charge in [0.25, 0.3) is 0 Å². The summed E-state index contributed by atoms with van der Waals surface area (Å²) in [7, 11) is 0. The van der Waals surface area contributed by atoms with Crippen LogP contribution in [0.4, 0.5) is 5.82 Å². The number of carbonyl (C=O) groups is 1. The van der Waals surface area contributed by atoms with Gasteiger partial charge in [-0.25, -0.2) is 9.78 Å². The Kier molecular flexibility index (Phi) is 3.62. The molecule has 21 heavy (non-hydrogen) atoms. The summed E-state index contributed by atoms with van der Waals surface area (Å²) in [5.41, 5.74) is 2.03. The van der Waals surface area contributed by atoms with Crippen molar-refractivity contribution in [2.24, 2.45) is 0 Å². The van der Waals surface area contributed by atoms with Crippen molar-refractivity contribution in [3.05, 3.63) is 52.5 Å². The fourth-order valence-electron chi connectivity index (χ4n) is 2.35. The first-order valence-corrected chi connectivity index (χ1v) is 7.57. The first kappa shape index (κ1) is 13.6. The average Bonchev–Trinajstić information content (AvgIpc) is 3.04. The molecule has 3 aromatic heterocycles. The molecule has 0 fully saturated rings. The van der Waals surface area contributed by atoms with Gasteiger partial charge in [-0.2, -0.15) is 11.3 Å². The van der Waals surface area contributed by atoms with E-state index in [9.17, 15) is 9.90 Å². The smallest absolute Gasteiger partial charge is 0.356 e. The number of pyridine rings is 1. The number of hydrogen-bond acceptors (Lipinski definition) is 4. The van der Waals surface area contributed by atoms with Gasteiger partial charge in [0.1, 0.15) is 5.65 Å². The third-order valence-electron chi connectivity index (χ3n) is 3.24. The summed E-state index contributed by atoms with van der Waals surface area (Å²) in [6.07, 6.45) is 2.54. The van der Waals surface area contributed by atoms with Crippen molar-refractivity contribution in [2.45, 2.75) is 19.4 Å². The van der Waals surface area contributed by atoms with Gasteiger partial charge in [0.2, 0.25) is 0 Å². The topological polar surface area (TPSA) is 66.6 Å². The number of carboxylic acids is 1. The normalized spacial score (nSPS) is 12.4. The molecule has 0 spiro atoms. The number of thiophene rings is 1. The summed E-state index contributed by atoms with van der Waals surface area (Å²) < 4.78 is 1.59. The fourth-order valence-corrected chi connectivity index (χ4v) is 3.03. The second kappa shape index (κ2) is 5.57. The fraction of sp³-hybridized carbons (Fsp3) is 0.200. The Balaban J connectivity index is 1.89. The molecule has 6 heteroatoms. The van der Waals surface area contributed by atoms with Crippen LogP contribution in [0.3, 0.4) is 0 Å². The van der Waals surface area contributed by atoms with Gasteiger partial charge in [-0.1, -0.05) is 6.07 Å². The number of aromatic carboxylic acids is 1. The lowest BCUT2D eigenvalue weighted by Crippen LogP contribution is -2.20. The Morgan fingerprint density at radius 2 is 2.33 bits per heavy atom. The minimum Gasteiger partial charge on any atom is -0.476 e. The van der Waals surface area contributed by atoms with Crippen LogP contribution in [0.25, 0.3) is 5.65 Å². The van der Waals surface area contributed by atoms with Crippen molar-refractivity contribution in [2.75, 3.05) is 5.32 Å². The highest BCUT2D eigenvalue weighted by Gasteiger charge is 2.19. The highest BCUT2D eigenvalue weighted by Crippen LogP contribution is 2.19. The van der Waals surface area contributed by atoms with Crippen molar-refractivity contribution >= 4 is 28.8 Å². The van der Waals surface area contributed by atoms with Crippen molar-refractivity contribution in [1.29, 1.82) is 0 Å². The monoisotopic (exact) mass is 301 g/mol. The molecule has 5 nitrogen and oxygen atoms in total. The van der Waals surface area contributed by atoms with Crippen molar-refractivity contribution in [1.82, 2.24) is 9.38 Å². The molecule has 0 aliphatic rings. The SMILES string of the molecule is CC(Cc1ccsc1)Nc1nc2ccccn2c1C(=O)O. The maximum Gasteiger partial charge on any atom is 0.356 e. The number of nitrogens with one attached hydrogen (secondary N) is 1. The lowest BCUT2D eigenvalue weighted by Gasteiger charge is -2.13. The van der Waals surface area contributed by atoms with E-state index in [-0.39, 0.29) is 11.7 Å². The molecule has 0 aliphatic carbocycles. The summed E-state index contributed by atoms with van der Waals surface area (Å²) in [4.78, 5) is 15.9. The Morgan fingerprint density at radius 1 is 1.48 bits per heavy atom. The maximum atomic E-state index is 11.5. The van der Waals surface area contributed by atoms with Crippen LogP contribution in [0.15, 0.2) is 41.2 Å². The van der Waals surface area contributed by atoms with Gasteiger partial charge in [-0.3, -0.25) is 4.40 Å². The van der Waals surface area contributed by atoms with E-state index in [2.05, 4.69) is 21.7 Å². The Bertz CT molecular complexity index is 764. The number of aromatic nitrogens is 2. The number of fused-ring (bicyclic) bond motifs is 1. The maximum absolute atomic E-state index is 11.5. The molecule has 2 N–H and O–H groups in total. The lowest BCUT2D eigenvalue weighted by atomic mass is 10.1. The zero-order chi connectivity index (χ0) is 14.8. The zero-order valence-corrected chi connectivity index (χ0v) is 12.3. The summed E-state index contributed by atoms with van der Waals surface area (Å²) in [6, 6.07) is 7.60. The number of imidazole rings is 1. The Morgan fingerprint density at radius 3 is 3.05 bits per heavy atom. The molecule has 0 aromatic carbocycles. The Hall–Kier alpha value is -2.34. The molecule has 0 saturated heterocycles. The highest BCUT2D eigenvalue weighted by atomic mass is 32.1. The number of hydrogen-bond donors (Lipinski definition) is 2. The summed E-state index contributed by atoms with van der Waals surface area (Å²) >= 11 is 1.66. The Labute approximate surface area is 125 Å². The minimum atomic E-state index is -0.987. The van der Waals surface area contributed by atoms with E-state index in [1.54, 1.807) is 34.1 Å². The predicted molar refractivity (Wildman–Crippen MR) is 83.3 cm³/mol. The number of rotatable bonds is 5. The van der Waals surface area contributed by atoms with E-state index < -0.39 is 5.97 Å². The average molecular weight is 301 g/mol. The van der Waals surface area contributed by atoms with Gasteiger partial charge in [0.15, 0.2) is 11.5 Å². The van der Waals surface area contributed by atoms with Crippen LogP contribution >= 0.6 is 11.3 Å². The molecule has 0 amide bonds. The second-order valence-electron chi connectivity index (χ2n) is 4.92. The van der Waals surface area contributed by atoms with Crippen LogP contribution in [-0.2, 0) is 6.42 Å². The summed E-state index contributed by atoms with van der Waals surface area (Å²) in [5.74, 6) is -0.574. The van der Waals surface area contributed by atoms with E-state index in [1.165, 1.54) is 5.56 Å². The van der Waals surface area contributed by atoms with Crippen molar-refractivity contribution in [3.8, 4) is 0 Å². The summed E-state index contributed by atoms with van der Waals surface area (Å²) in [5, 5.41) is 16.8. The van der Waals surface area contributed by atoms with E-state index in [0.717, 1.165) is 6.42 Å². The van der Waals surface area contributed by atoms with Crippen LogP contribution in [0, 0.1) is 0 Å². The van der Waals surface area contributed by atoms with Crippen LogP contribution < -0.4 is 5.32 Å². The third-order valence-corrected chi connectivity index (χ3v) is 3.97. The predicted octanol–water partition coefficient (Wildman–Crippen LogP) is 3.14. The molecule has 3 aromatic rings. The van der Waals surface area contributed by atoms with Crippen LogP contribution in [0.2, 0.25) is 0 Å². The van der Waals surface area contributed by atoms with Crippen LogP contribution in [0.1, 0.15) is 23.0 Å². The molecule has 0 bridgehead atoms. The standard InChI is InChI=1S/C15H15N3O2S/c1-10(8-11-5-7-21-9-11)16-14-13(15(19)20)18-6-3-2-4-12(18)17-14/h2-7,9-10,16H,8H2,1H3,(H,19,20). The quantitative estimate of drug-likeness (QED) is 0.760. The number of carboxylic acid groups (broad SMARTS) is 1. The van der Waals surface area contributed by atoms with E-state index in [0.29, 0.717) is 11.5 Å². The number of nitrogens with zero attached hydrogens (tertiary/aromatic N) is 2. The van der Waals surface area contributed by atoms with E-state index in [1.807, 2.05) is 18.4 Å². The molecule has 3 rings (SSSR count).